The average molecular weight is 760 g/mol. The fourth-order valence-electron chi connectivity index (χ4n) is 6.98. The van der Waals surface area contributed by atoms with Gasteiger partial charge in [0, 0.05) is 45.1 Å². The first-order chi connectivity index (χ1) is 27.3. The molecule has 0 radical (unpaired) electrons. The van der Waals surface area contributed by atoms with E-state index in [1.807, 2.05) is 30.3 Å². The second-order valence-corrected chi connectivity index (χ2v) is 13.8. The van der Waals surface area contributed by atoms with Crippen LogP contribution in [0.2, 0.25) is 0 Å². The molecule has 1 fully saturated rings. The minimum atomic E-state index is -0.980. The number of phenolic OH excluding ortho intramolecular Hbond substituents is 1. The van der Waals surface area contributed by atoms with Gasteiger partial charge in [0.05, 0.1) is 17.7 Å². The molecule has 4 aromatic rings. The van der Waals surface area contributed by atoms with E-state index in [0.29, 0.717) is 45.3 Å². The van der Waals surface area contributed by atoms with Crippen LogP contribution in [0.4, 0.5) is 5.69 Å². The van der Waals surface area contributed by atoms with Crippen molar-refractivity contribution in [1.82, 2.24) is 10.2 Å². The lowest BCUT2D eigenvalue weighted by Crippen LogP contribution is -2.54. The highest BCUT2D eigenvalue weighted by atomic mass is 16.5. The van der Waals surface area contributed by atoms with Gasteiger partial charge in [-0.05, 0) is 109 Å². The number of carbonyl (C=O) groups excluding carboxylic acids is 4. The number of piperidine rings is 1. The van der Waals surface area contributed by atoms with E-state index in [0.717, 1.165) is 59.5 Å². The van der Waals surface area contributed by atoms with Gasteiger partial charge in [-0.25, -0.2) is 0 Å². The predicted molar refractivity (Wildman–Crippen MR) is 214 cm³/mol. The van der Waals surface area contributed by atoms with Crippen molar-refractivity contribution < 1.29 is 38.5 Å². The van der Waals surface area contributed by atoms with Crippen molar-refractivity contribution in [3.8, 4) is 11.5 Å². The number of allylic oxidation sites excluding steroid dienone is 1. The smallest absolute Gasteiger partial charge is 0.262 e. The maximum absolute atomic E-state index is 13.0. The van der Waals surface area contributed by atoms with E-state index in [2.05, 4.69) is 54.0 Å². The van der Waals surface area contributed by atoms with E-state index in [-0.39, 0.29) is 29.7 Å². The van der Waals surface area contributed by atoms with Crippen molar-refractivity contribution in [1.29, 1.82) is 0 Å². The number of nitrogens with zero attached hydrogens (tertiary/aromatic N) is 1. The van der Waals surface area contributed by atoms with Gasteiger partial charge in [0.25, 0.3) is 11.8 Å². The van der Waals surface area contributed by atoms with Crippen LogP contribution in [0.3, 0.4) is 0 Å². The molecule has 4 aromatic carbocycles. The van der Waals surface area contributed by atoms with Crippen LogP contribution in [0.15, 0.2) is 97.1 Å². The first-order valence-electron chi connectivity index (χ1n) is 19.4. The molecule has 0 bridgehead atoms. The summed E-state index contributed by atoms with van der Waals surface area (Å²) in [5.41, 5.74) is 6.90. The number of phenols is 1. The van der Waals surface area contributed by atoms with Gasteiger partial charge in [0.1, 0.15) is 17.5 Å². The Morgan fingerprint density at radius 1 is 0.732 bits per heavy atom. The monoisotopic (exact) mass is 759 g/mol. The Morgan fingerprint density at radius 3 is 2.07 bits per heavy atom. The fraction of sp³-hybridized carbons (Fsp3) is 0.333. The molecule has 0 spiro atoms. The Kier molecular flexibility index (Phi) is 14.0. The van der Waals surface area contributed by atoms with Crippen LogP contribution in [0, 0.1) is 0 Å². The molecule has 0 saturated carbocycles. The maximum Gasteiger partial charge on any atom is 0.262 e. The highest BCUT2D eigenvalue weighted by Gasteiger charge is 2.44. The number of hydrogen-bond donors (Lipinski definition) is 3. The highest BCUT2D eigenvalue weighted by molar-refractivity contribution is 6.23. The summed E-state index contributed by atoms with van der Waals surface area (Å²) in [7, 11) is 0. The summed E-state index contributed by atoms with van der Waals surface area (Å²) in [6.45, 7) is 5.83. The normalized spacial score (nSPS) is 15.7. The Hall–Kier alpha value is -5.78. The van der Waals surface area contributed by atoms with Gasteiger partial charge in [-0.3, -0.25) is 29.4 Å². The minimum absolute atomic E-state index is 0.0839. The molecule has 2 heterocycles. The molecule has 2 aliphatic rings. The lowest BCUT2D eigenvalue weighted by atomic mass is 9.88. The van der Waals surface area contributed by atoms with E-state index < -0.39 is 29.7 Å². The Balaban J connectivity index is 0.827. The molecular weight excluding hydrogens is 711 g/mol. The quantitative estimate of drug-likeness (QED) is 0.0483. The van der Waals surface area contributed by atoms with Gasteiger partial charge < -0.3 is 24.6 Å². The number of benzene rings is 4. The van der Waals surface area contributed by atoms with Crippen LogP contribution in [0.25, 0.3) is 11.1 Å². The molecule has 11 nitrogen and oxygen atoms in total. The second kappa shape index (κ2) is 19.7. The van der Waals surface area contributed by atoms with Gasteiger partial charge in [0.2, 0.25) is 11.8 Å². The average Bonchev–Trinajstić information content (AvgIpc) is 3.46. The Labute approximate surface area is 327 Å². The van der Waals surface area contributed by atoms with Gasteiger partial charge in [-0.15, -0.1) is 0 Å². The fourth-order valence-corrected chi connectivity index (χ4v) is 6.98. The molecule has 11 heteroatoms. The summed E-state index contributed by atoms with van der Waals surface area (Å²) in [6, 6.07) is 30.0. The van der Waals surface area contributed by atoms with E-state index in [4.69, 9.17) is 14.2 Å². The maximum atomic E-state index is 13.0. The summed E-state index contributed by atoms with van der Waals surface area (Å²) in [6.07, 6.45) is 4.39. The molecule has 6 rings (SSSR count). The van der Waals surface area contributed by atoms with Gasteiger partial charge in [-0.2, -0.15) is 0 Å². The second-order valence-electron chi connectivity index (χ2n) is 13.8. The van der Waals surface area contributed by atoms with Crippen molar-refractivity contribution in [2.24, 2.45) is 0 Å². The summed E-state index contributed by atoms with van der Waals surface area (Å²) in [4.78, 5) is 50.6. The highest BCUT2D eigenvalue weighted by Crippen LogP contribution is 2.36. The molecule has 1 unspecified atom stereocenters. The van der Waals surface area contributed by atoms with Gasteiger partial charge in [-0.1, -0.05) is 61.5 Å². The third-order valence-corrected chi connectivity index (χ3v) is 9.84. The number of anilines is 1. The number of amides is 4. The first kappa shape index (κ1) is 39.9. The predicted octanol–water partition coefficient (Wildman–Crippen LogP) is 7.25. The number of rotatable bonds is 20. The lowest BCUT2D eigenvalue weighted by Gasteiger charge is -2.27. The van der Waals surface area contributed by atoms with Crippen molar-refractivity contribution >= 4 is 40.5 Å². The van der Waals surface area contributed by atoms with Crippen LogP contribution in [0.1, 0.15) is 89.3 Å². The molecule has 0 aromatic heterocycles. The molecule has 2 aliphatic heterocycles. The first-order valence-corrected chi connectivity index (χ1v) is 19.4. The zero-order valence-corrected chi connectivity index (χ0v) is 31.8. The van der Waals surface area contributed by atoms with Crippen LogP contribution < -0.4 is 15.4 Å². The SMILES string of the molecule is CC/C(=C(\c1ccc(O)cc1)c1ccc(OCCCCOCCCOCCCNc2ccc3c(c2)C(=O)N(C2CCC(=O)NC2=O)C3=O)cc1)c1ccccc1. The number of imide groups is 2. The molecule has 56 heavy (non-hydrogen) atoms. The van der Waals surface area contributed by atoms with Crippen LogP contribution in [-0.4, -0.2) is 79.3 Å². The lowest BCUT2D eigenvalue weighted by molar-refractivity contribution is -0.136. The van der Waals surface area contributed by atoms with Crippen molar-refractivity contribution in [3.63, 3.8) is 0 Å². The number of fused-ring (bicyclic) bond motifs is 1. The summed E-state index contributed by atoms with van der Waals surface area (Å²) >= 11 is 0. The minimum Gasteiger partial charge on any atom is -0.508 e. The zero-order valence-electron chi connectivity index (χ0n) is 31.8. The van der Waals surface area contributed by atoms with E-state index >= 15 is 0 Å². The number of aromatic hydroxyl groups is 1. The molecular formula is C45H49N3O8. The summed E-state index contributed by atoms with van der Waals surface area (Å²) in [5.74, 6) is -1.00. The van der Waals surface area contributed by atoms with Crippen molar-refractivity contribution in [3.05, 3.63) is 125 Å². The van der Waals surface area contributed by atoms with Crippen LogP contribution >= 0.6 is 0 Å². The van der Waals surface area contributed by atoms with E-state index in [1.165, 1.54) is 11.1 Å². The Morgan fingerprint density at radius 2 is 1.38 bits per heavy atom. The van der Waals surface area contributed by atoms with Crippen LogP contribution in [-0.2, 0) is 19.1 Å². The zero-order chi connectivity index (χ0) is 39.3. The largest absolute Gasteiger partial charge is 0.508 e. The standard InChI is InChI=1S/C45H49N3O8/c1-2-37(31-10-4-3-5-11-31)42(32-12-17-35(49)18-13-32)33-14-19-36(20-15-33)56-29-7-6-25-54-27-9-28-55-26-8-24-46-34-16-21-38-39(30-34)45(53)48(44(38)52)40-22-23-41(50)47-43(40)51/h3-5,10-21,30,40,46,49H,2,6-9,22-29H2,1H3,(H,47,50,51)/b42-37-. The number of ether oxygens (including phenoxy) is 3. The van der Waals surface area contributed by atoms with E-state index in [9.17, 15) is 24.3 Å². The molecule has 0 aliphatic carbocycles. The molecule has 1 atom stereocenters. The topological polar surface area (TPSA) is 144 Å². The number of nitrogens with one attached hydrogen (secondary N) is 2. The molecule has 4 amide bonds. The summed E-state index contributed by atoms with van der Waals surface area (Å²) < 4.78 is 17.6. The van der Waals surface area contributed by atoms with E-state index in [1.54, 1.807) is 30.3 Å². The number of unbranched alkanes of at least 4 members (excludes halogenated alkanes) is 1. The molecule has 292 valence electrons. The van der Waals surface area contributed by atoms with Crippen LogP contribution in [0.5, 0.6) is 11.5 Å². The van der Waals surface area contributed by atoms with Gasteiger partial charge >= 0.3 is 0 Å². The third kappa shape index (κ3) is 10.1. The van der Waals surface area contributed by atoms with Crippen molar-refractivity contribution in [2.45, 2.75) is 57.9 Å². The van der Waals surface area contributed by atoms with Gasteiger partial charge in [0.15, 0.2) is 0 Å². The van der Waals surface area contributed by atoms with Crippen molar-refractivity contribution in [2.75, 3.05) is 44.9 Å². The summed E-state index contributed by atoms with van der Waals surface area (Å²) in [5, 5.41) is 15.4. The molecule has 3 N–H and O–H groups in total. The number of carbonyl (C=O) groups is 4. The number of hydrogen-bond acceptors (Lipinski definition) is 9. The third-order valence-electron chi connectivity index (χ3n) is 9.84. The molecule has 1 saturated heterocycles. The Bertz CT molecular complexity index is 2010.